The monoisotopic (exact) mass is 1130 g/mol. The Morgan fingerprint density at radius 1 is 0.561 bits per heavy atom. The molecule has 6 N–H and O–H groups in total. The summed E-state index contributed by atoms with van der Waals surface area (Å²) >= 11 is 0. The second kappa shape index (κ2) is 25.4. The maximum absolute atomic E-state index is 14.8. The van der Waals surface area contributed by atoms with Crippen molar-refractivity contribution >= 4 is 53.2 Å². The lowest BCUT2D eigenvalue weighted by atomic mass is 9.98. The number of aryl methyl sites for hydroxylation is 2. The Bertz CT molecular complexity index is 3190. The van der Waals surface area contributed by atoms with Crippen LogP contribution < -0.4 is 31.9 Å². The van der Waals surface area contributed by atoms with Crippen LogP contribution in [0.3, 0.4) is 0 Å². The van der Waals surface area contributed by atoms with Crippen molar-refractivity contribution in [3.05, 3.63) is 124 Å². The van der Waals surface area contributed by atoms with Gasteiger partial charge in [-0.05, 0) is 83.3 Å². The van der Waals surface area contributed by atoms with Crippen LogP contribution in [-0.2, 0) is 41.6 Å². The van der Waals surface area contributed by atoms with Crippen LogP contribution in [0.15, 0.2) is 80.2 Å². The molecule has 9 rings (SSSR count). The highest BCUT2D eigenvalue weighted by molar-refractivity contribution is 6.00. The molecule has 82 heavy (non-hydrogen) atoms. The normalized spacial score (nSPS) is 25.3. The quantitative estimate of drug-likeness (QED) is 0.141. The first kappa shape index (κ1) is 58.0. The second-order valence-electron chi connectivity index (χ2n) is 21.6. The van der Waals surface area contributed by atoms with E-state index < -0.39 is 108 Å². The summed E-state index contributed by atoms with van der Waals surface area (Å²) in [5.74, 6) is -5.28. The minimum atomic E-state index is -1.17. The zero-order valence-electron chi connectivity index (χ0n) is 46.8. The third kappa shape index (κ3) is 12.9. The van der Waals surface area contributed by atoms with Gasteiger partial charge in [-0.1, -0.05) is 80.9 Å². The molecule has 0 unspecified atom stereocenters. The maximum Gasteiger partial charge on any atom is 0.274 e. The van der Waals surface area contributed by atoms with Gasteiger partial charge in [0.2, 0.25) is 53.1 Å². The molecule has 4 aliphatic heterocycles. The van der Waals surface area contributed by atoms with Gasteiger partial charge in [0.15, 0.2) is 17.1 Å². The molecule has 0 radical (unpaired) electrons. The molecule has 9 amide bonds. The first-order valence-electron chi connectivity index (χ1n) is 28.1. The molecular weight excluding hydrogens is 1060 g/mol. The number of hydrogen-bond acceptors (Lipinski definition) is 15. The highest BCUT2D eigenvalue weighted by Gasteiger charge is 2.44. The summed E-state index contributed by atoms with van der Waals surface area (Å²) in [5.41, 5.74) is 1.14. The van der Waals surface area contributed by atoms with E-state index in [1.165, 1.54) is 28.5 Å². The van der Waals surface area contributed by atoms with Crippen LogP contribution in [0.5, 0.6) is 0 Å². The fraction of sp³-hybridized carbons (Fsp3) is 0.483. The topological polar surface area (TPSA) is 314 Å². The molecule has 3 saturated heterocycles. The Balaban J connectivity index is 1.01. The van der Waals surface area contributed by atoms with Crippen LogP contribution in [0.2, 0.25) is 0 Å². The predicted octanol–water partition coefficient (Wildman–Crippen LogP) is 3.62. The van der Waals surface area contributed by atoms with Crippen LogP contribution in [0.1, 0.15) is 163 Å². The van der Waals surface area contributed by atoms with Crippen molar-refractivity contribution in [3.63, 3.8) is 0 Å². The van der Waals surface area contributed by atoms with Crippen molar-refractivity contribution in [3.8, 4) is 0 Å². The van der Waals surface area contributed by atoms with Crippen LogP contribution >= 0.6 is 0 Å². The Labute approximate surface area is 473 Å². The van der Waals surface area contributed by atoms with E-state index in [2.05, 4.69) is 46.9 Å². The van der Waals surface area contributed by atoms with E-state index >= 15 is 0 Å². The van der Waals surface area contributed by atoms with E-state index in [0.29, 0.717) is 44.9 Å². The number of oxazole rings is 3. The molecular formula is C58H70N12O12. The Morgan fingerprint density at radius 3 is 1.71 bits per heavy atom. The number of fused-ring (bicyclic) bond motifs is 9. The summed E-state index contributed by atoms with van der Waals surface area (Å²) in [7, 11) is 0. The van der Waals surface area contributed by atoms with Crippen molar-refractivity contribution in [2.24, 2.45) is 5.92 Å². The van der Waals surface area contributed by atoms with Crippen molar-refractivity contribution in [2.45, 2.75) is 148 Å². The number of carbonyl (C=O) groups is 9. The summed E-state index contributed by atoms with van der Waals surface area (Å²) in [6.07, 6.45) is 4.41. The molecule has 6 bridgehead atoms. The van der Waals surface area contributed by atoms with Gasteiger partial charge >= 0.3 is 0 Å². The molecule has 0 aliphatic carbocycles. The second-order valence-corrected chi connectivity index (χ2v) is 21.6. The minimum Gasteiger partial charge on any atom is -0.446 e. The first-order chi connectivity index (χ1) is 39.4. The SMILES string of the molecule is CC[C@H](C)[C@@H]1NC(=O)[C@@H]2CCCN2C(=O)[C@H](Cc2ccccc2)NC(=O)c2nc(oc2C)[C@H](C)NC(=O)c2nc(oc2C)[C@H](Cc2ccccc2)NC(=O)CNC(=O)[C@@H]2CCCN2C(=O)[C@@H]2CCCN2C(=O)[C@H](C)NC(=O)c2coc1n2. The lowest BCUT2D eigenvalue weighted by Gasteiger charge is -2.32. The zero-order valence-corrected chi connectivity index (χ0v) is 46.8. The van der Waals surface area contributed by atoms with Gasteiger partial charge in [0.25, 0.3) is 17.7 Å². The van der Waals surface area contributed by atoms with Gasteiger partial charge in [0.05, 0.1) is 6.54 Å². The number of amides is 9. The average molecular weight is 1130 g/mol. The molecule has 24 heteroatoms. The predicted molar refractivity (Wildman–Crippen MR) is 292 cm³/mol. The molecule has 3 fully saturated rings. The van der Waals surface area contributed by atoms with Crippen LogP contribution in [-0.4, -0.2) is 139 Å². The van der Waals surface area contributed by atoms with Gasteiger partial charge in [-0.15, -0.1) is 0 Å². The first-order valence-corrected chi connectivity index (χ1v) is 28.1. The molecule has 3 aromatic heterocycles. The highest BCUT2D eigenvalue weighted by Crippen LogP contribution is 2.30. The Hall–Kier alpha value is -8.70. The molecule has 24 nitrogen and oxygen atoms in total. The highest BCUT2D eigenvalue weighted by atomic mass is 16.4. The van der Waals surface area contributed by atoms with E-state index in [0.717, 1.165) is 17.4 Å². The fourth-order valence-electron chi connectivity index (χ4n) is 11.1. The average Bonchev–Trinajstić information content (AvgIpc) is 4.39. The zero-order chi connectivity index (χ0) is 58.4. The van der Waals surface area contributed by atoms with E-state index in [-0.39, 0.29) is 84.7 Å². The summed E-state index contributed by atoms with van der Waals surface area (Å²) in [6.45, 7) is 10.2. The van der Waals surface area contributed by atoms with E-state index in [1.807, 2.05) is 74.5 Å². The number of rotatable bonds is 6. The number of hydrogen-bond donors (Lipinski definition) is 6. The van der Waals surface area contributed by atoms with Gasteiger partial charge in [-0.3, -0.25) is 43.2 Å². The summed E-state index contributed by atoms with van der Waals surface area (Å²) in [5, 5.41) is 16.9. The largest absolute Gasteiger partial charge is 0.446 e. The van der Waals surface area contributed by atoms with E-state index in [4.69, 9.17) is 13.3 Å². The Kier molecular flexibility index (Phi) is 18.0. The lowest BCUT2D eigenvalue weighted by Crippen LogP contribution is -2.56. The standard InChI is InChI=1S/C58H70N12O12/c1-7-31(2)45-55-64-40(30-80-55)48(72)61-33(4)56(77)70-26-16-23-43(70)58(79)69-25-14-21-41(69)49(73)59-29-44(71)62-38(27-36-17-10-8-11-18-36)54-67-46(35(6)82-54)51(75)60-32(3)53-66-47(34(5)81-53)52(76)63-39(28-37-19-12-9-13-20-37)57(78)68-24-15-22-42(68)50(74)65-45/h8-13,17-20,30-33,38-39,41-43,45H,7,14-16,21-29H2,1-6H3,(H,59,73)(H,60,75)(H,61,72)(H,62,71)(H,63,76)(H,65,74)/t31-,32-,33-,38-,39-,41-,42-,43-,45-/m0/s1. The number of carbonyl (C=O) groups excluding carboxylic acids is 9. The summed E-state index contributed by atoms with van der Waals surface area (Å²) in [6, 6.07) is 10.5. The number of aromatic nitrogens is 3. The van der Waals surface area contributed by atoms with Crippen molar-refractivity contribution in [1.82, 2.24) is 61.6 Å². The summed E-state index contributed by atoms with van der Waals surface area (Å²) in [4.78, 5) is 145. The smallest absolute Gasteiger partial charge is 0.274 e. The summed E-state index contributed by atoms with van der Waals surface area (Å²) < 4.78 is 17.9. The molecule has 9 atom stereocenters. The van der Waals surface area contributed by atoms with Crippen molar-refractivity contribution < 1.29 is 56.4 Å². The molecule has 2 aromatic carbocycles. The van der Waals surface area contributed by atoms with Gasteiger partial charge in [0.1, 0.15) is 66.1 Å². The molecule has 0 saturated carbocycles. The number of benzene rings is 2. The Morgan fingerprint density at radius 2 is 1.09 bits per heavy atom. The van der Waals surface area contributed by atoms with Gasteiger partial charge in [-0.2, -0.15) is 0 Å². The van der Waals surface area contributed by atoms with Crippen molar-refractivity contribution in [2.75, 3.05) is 26.2 Å². The maximum atomic E-state index is 14.8. The minimum absolute atomic E-state index is 0.00754. The fourth-order valence-corrected chi connectivity index (χ4v) is 11.1. The molecule has 4 aliphatic rings. The lowest BCUT2D eigenvalue weighted by molar-refractivity contribution is -0.147. The van der Waals surface area contributed by atoms with Crippen LogP contribution in [0.4, 0.5) is 0 Å². The van der Waals surface area contributed by atoms with Gasteiger partial charge in [-0.25, -0.2) is 15.0 Å². The van der Waals surface area contributed by atoms with E-state index in [9.17, 15) is 43.2 Å². The number of nitrogens with one attached hydrogen (secondary N) is 6. The van der Waals surface area contributed by atoms with Gasteiger partial charge in [0, 0.05) is 32.5 Å². The van der Waals surface area contributed by atoms with Crippen LogP contribution in [0.25, 0.3) is 0 Å². The molecule has 0 spiro atoms. The van der Waals surface area contributed by atoms with E-state index in [1.54, 1.807) is 13.8 Å². The molecule has 5 aromatic rings. The number of nitrogens with zero attached hydrogens (tertiary/aromatic N) is 6. The third-order valence-corrected chi connectivity index (χ3v) is 15.7. The third-order valence-electron chi connectivity index (χ3n) is 15.7. The van der Waals surface area contributed by atoms with Gasteiger partial charge < -0.3 is 59.9 Å². The molecule has 7 heterocycles. The van der Waals surface area contributed by atoms with Crippen LogP contribution in [0, 0.1) is 19.8 Å². The van der Waals surface area contributed by atoms with Crippen molar-refractivity contribution in [1.29, 1.82) is 0 Å². The molecule has 434 valence electrons.